The molecule has 2 aromatic heterocycles. The minimum absolute atomic E-state index is 0.153. The average Bonchev–Trinajstić information content (AvgIpc) is 2.70. The predicted molar refractivity (Wildman–Crippen MR) is 43.3 cm³/mol. The van der Waals surface area contributed by atoms with Crippen molar-refractivity contribution >= 4 is 5.97 Å². The standard InChI is InChI=1S/C8H6N2O4/c11-7(12)1-5-2-10-14-8(5)6-3-9-4-13-6/h2-4H,1H2,(H,11,12). The highest BCUT2D eigenvalue weighted by atomic mass is 16.5. The van der Waals surface area contributed by atoms with Crippen molar-refractivity contribution in [3.05, 3.63) is 24.4 Å². The Morgan fingerprint density at radius 2 is 2.36 bits per heavy atom. The molecular weight excluding hydrogens is 188 g/mol. The molecule has 0 amide bonds. The van der Waals surface area contributed by atoms with Crippen LogP contribution in [0.15, 0.2) is 27.7 Å². The number of aromatic nitrogens is 2. The molecule has 0 unspecified atom stereocenters. The van der Waals surface area contributed by atoms with Crippen LogP contribution in [0.4, 0.5) is 0 Å². The zero-order valence-corrected chi connectivity index (χ0v) is 7.01. The van der Waals surface area contributed by atoms with Crippen molar-refractivity contribution in [1.82, 2.24) is 10.1 Å². The van der Waals surface area contributed by atoms with E-state index in [0.29, 0.717) is 17.1 Å². The molecule has 0 spiro atoms. The molecule has 0 atom stereocenters. The van der Waals surface area contributed by atoms with Crippen molar-refractivity contribution in [2.75, 3.05) is 0 Å². The second kappa shape index (κ2) is 3.33. The Hall–Kier alpha value is -2.11. The van der Waals surface area contributed by atoms with Crippen LogP contribution in [-0.2, 0) is 11.2 Å². The number of aliphatic carboxylic acids is 1. The lowest BCUT2D eigenvalue weighted by Gasteiger charge is -1.92. The van der Waals surface area contributed by atoms with Crippen molar-refractivity contribution in [1.29, 1.82) is 0 Å². The second-order valence-corrected chi connectivity index (χ2v) is 2.62. The van der Waals surface area contributed by atoms with Crippen molar-refractivity contribution in [3.8, 4) is 11.5 Å². The van der Waals surface area contributed by atoms with E-state index in [-0.39, 0.29) is 6.42 Å². The summed E-state index contributed by atoms with van der Waals surface area (Å²) in [5.41, 5.74) is 0.467. The van der Waals surface area contributed by atoms with E-state index in [9.17, 15) is 4.79 Å². The summed E-state index contributed by atoms with van der Waals surface area (Å²) in [5.74, 6) is -0.266. The van der Waals surface area contributed by atoms with Gasteiger partial charge in [-0.25, -0.2) is 4.98 Å². The number of carbonyl (C=O) groups is 1. The normalized spacial score (nSPS) is 10.3. The molecule has 0 aromatic carbocycles. The highest BCUT2D eigenvalue weighted by Gasteiger charge is 2.15. The summed E-state index contributed by atoms with van der Waals surface area (Å²) < 4.78 is 9.83. The van der Waals surface area contributed by atoms with Gasteiger partial charge in [0, 0.05) is 5.56 Å². The van der Waals surface area contributed by atoms with Crippen LogP contribution in [0.1, 0.15) is 5.56 Å². The molecule has 72 valence electrons. The van der Waals surface area contributed by atoms with E-state index in [1.165, 1.54) is 18.8 Å². The SMILES string of the molecule is O=C(O)Cc1cnoc1-c1cnco1. The third-order valence-electron chi connectivity index (χ3n) is 1.64. The molecule has 2 heterocycles. The van der Waals surface area contributed by atoms with Crippen LogP contribution in [0.2, 0.25) is 0 Å². The highest BCUT2D eigenvalue weighted by molar-refractivity contribution is 5.72. The molecule has 14 heavy (non-hydrogen) atoms. The van der Waals surface area contributed by atoms with Crippen LogP contribution in [0.3, 0.4) is 0 Å². The number of nitrogens with zero attached hydrogens (tertiary/aromatic N) is 2. The van der Waals surface area contributed by atoms with Gasteiger partial charge in [-0.2, -0.15) is 0 Å². The van der Waals surface area contributed by atoms with E-state index in [1.807, 2.05) is 0 Å². The van der Waals surface area contributed by atoms with Gasteiger partial charge in [-0.05, 0) is 0 Å². The van der Waals surface area contributed by atoms with Gasteiger partial charge in [0.1, 0.15) is 0 Å². The van der Waals surface area contributed by atoms with Crippen molar-refractivity contribution < 1.29 is 18.8 Å². The Labute approximate surface area is 78.2 Å². The second-order valence-electron chi connectivity index (χ2n) is 2.62. The first-order valence-electron chi connectivity index (χ1n) is 3.81. The fourth-order valence-corrected chi connectivity index (χ4v) is 1.08. The largest absolute Gasteiger partial charge is 0.481 e. The van der Waals surface area contributed by atoms with Gasteiger partial charge in [0.05, 0.1) is 18.8 Å². The molecule has 0 radical (unpaired) electrons. The van der Waals surface area contributed by atoms with E-state index in [4.69, 9.17) is 14.0 Å². The first-order chi connectivity index (χ1) is 6.77. The molecule has 1 N–H and O–H groups in total. The fourth-order valence-electron chi connectivity index (χ4n) is 1.08. The van der Waals surface area contributed by atoms with E-state index in [2.05, 4.69) is 10.1 Å². The lowest BCUT2D eigenvalue weighted by atomic mass is 10.2. The summed E-state index contributed by atoms with van der Waals surface area (Å²) in [7, 11) is 0. The van der Waals surface area contributed by atoms with Gasteiger partial charge in [-0.15, -0.1) is 0 Å². The van der Waals surface area contributed by atoms with Gasteiger partial charge in [0.2, 0.25) is 5.76 Å². The molecule has 0 fully saturated rings. The maximum Gasteiger partial charge on any atom is 0.308 e. The lowest BCUT2D eigenvalue weighted by molar-refractivity contribution is -0.136. The third kappa shape index (κ3) is 1.49. The topological polar surface area (TPSA) is 89.4 Å². The van der Waals surface area contributed by atoms with Gasteiger partial charge in [0.25, 0.3) is 0 Å². The lowest BCUT2D eigenvalue weighted by Crippen LogP contribution is -1.99. The van der Waals surface area contributed by atoms with Crippen LogP contribution in [0.25, 0.3) is 11.5 Å². The number of oxazole rings is 1. The van der Waals surface area contributed by atoms with E-state index in [1.54, 1.807) is 0 Å². The zero-order chi connectivity index (χ0) is 9.97. The number of hydrogen-bond donors (Lipinski definition) is 1. The zero-order valence-electron chi connectivity index (χ0n) is 7.01. The third-order valence-corrected chi connectivity index (χ3v) is 1.64. The van der Waals surface area contributed by atoms with Crippen molar-refractivity contribution in [3.63, 3.8) is 0 Å². The number of carboxylic acids is 1. The minimum Gasteiger partial charge on any atom is -0.481 e. The number of hydrogen-bond acceptors (Lipinski definition) is 5. The maximum atomic E-state index is 10.5. The Morgan fingerprint density at radius 3 is 3.00 bits per heavy atom. The minimum atomic E-state index is -0.950. The summed E-state index contributed by atoms with van der Waals surface area (Å²) in [6.07, 6.45) is 3.87. The Bertz CT molecular complexity index is 432. The molecule has 0 saturated heterocycles. The predicted octanol–water partition coefficient (Wildman–Crippen LogP) is 0.957. The van der Waals surface area contributed by atoms with Gasteiger partial charge in [-0.3, -0.25) is 4.79 Å². The van der Waals surface area contributed by atoms with Crippen LogP contribution >= 0.6 is 0 Å². The number of carboxylic acid groups (broad SMARTS) is 1. The van der Waals surface area contributed by atoms with Gasteiger partial charge < -0.3 is 14.0 Å². The summed E-state index contributed by atoms with van der Waals surface area (Å²) in [6, 6.07) is 0. The van der Waals surface area contributed by atoms with E-state index >= 15 is 0 Å². The number of rotatable bonds is 3. The first kappa shape index (κ1) is 8.49. The van der Waals surface area contributed by atoms with Crippen LogP contribution < -0.4 is 0 Å². The molecule has 6 heteroatoms. The molecule has 0 aliphatic heterocycles. The van der Waals surface area contributed by atoms with Gasteiger partial charge in [0.15, 0.2) is 12.2 Å². The molecule has 0 aliphatic carbocycles. The Morgan fingerprint density at radius 1 is 1.50 bits per heavy atom. The molecular formula is C8H6N2O4. The fraction of sp³-hybridized carbons (Fsp3) is 0.125. The highest BCUT2D eigenvalue weighted by Crippen LogP contribution is 2.23. The van der Waals surface area contributed by atoms with Gasteiger partial charge in [-0.1, -0.05) is 5.16 Å². The monoisotopic (exact) mass is 194 g/mol. The molecule has 6 nitrogen and oxygen atoms in total. The van der Waals surface area contributed by atoms with Gasteiger partial charge >= 0.3 is 5.97 Å². The molecule has 2 aromatic rings. The van der Waals surface area contributed by atoms with Crippen LogP contribution in [0, 0.1) is 0 Å². The summed E-state index contributed by atoms with van der Waals surface area (Å²) in [5, 5.41) is 12.1. The molecule has 2 rings (SSSR count). The molecule has 0 bridgehead atoms. The molecule has 0 saturated carbocycles. The summed E-state index contributed by atoms with van der Waals surface area (Å²) in [4.78, 5) is 14.2. The van der Waals surface area contributed by atoms with Crippen molar-refractivity contribution in [2.24, 2.45) is 0 Å². The average molecular weight is 194 g/mol. The first-order valence-corrected chi connectivity index (χ1v) is 3.81. The Balaban J connectivity index is 2.35. The van der Waals surface area contributed by atoms with E-state index < -0.39 is 5.97 Å². The quantitative estimate of drug-likeness (QED) is 0.782. The van der Waals surface area contributed by atoms with Crippen molar-refractivity contribution in [2.45, 2.75) is 6.42 Å². The summed E-state index contributed by atoms with van der Waals surface area (Å²) >= 11 is 0. The smallest absolute Gasteiger partial charge is 0.308 e. The Kier molecular flexibility index (Phi) is 2.02. The maximum absolute atomic E-state index is 10.5. The summed E-state index contributed by atoms with van der Waals surface area (Å²) in [6.45, 7) is 0. The van der Waals surface area contributed by atoms with E-state index in [0.717, 1.165) is 0 Å². The van der Waals surface area contributed by atoms with Crippen LogP contribution in [0.5, 0.6) is 0 Å². The van der Waals surface area contributed by atoms with Crippen LogP contribution in [-0.4, -0.2) is 21.2 Å². The molecule has 0 aliphatic rings.